The SMILES string of the molecule is CCOC(=O)/C=C(/c1ccc(OPI)cc1)c1cnco1. The Morgan fingerprint density at radius 3 is 2.76 bits per heavy atom. The quantitative estimate of drug-likeness (QED) is 0.308. The largest absolute Gasteiger partial charge is 0.467 e. The summed E-state index contributed by atoms with van der Waals surface area (Å²) in [6.45, 7) is 2.44. The maximum Gasteiger partial charge on any atom is 0.331 e. The van der Waals surface area contributed by atoms with Crippen molar-refractivity contribution in [3.8, 4) is 5.75 Å². The van der Waals surface area contributed by atoms with Gasteiger partial charge in [-0.1, -0.05) is 12.1 Å². The molecule has 0 aliphatic carbocycles. The van der Waals surface area contributed by atoms with E-state index < -0.39 is 5.97 Å². The Morgan fingerprint density at radius 2 is 2.19 bits per heavy atom. The summed E-state index contributed by atoms with van der Waals surface area (Å²) < 4.78 is 15.7. The molecule has 2 aromatic rings. The van der Waals surface area contributed by atoms with E-state index in [1.165, 1.54) is 12.5 Å². The average molecular weight is 417 g/mol. The number of oxazole rings is 1. The van der Waals surface area contributed by atoms with Gasteiger partial charge in [0.25, 0.3) is 0 Å². The molecule has 21 heavy (non-hydrogen) atoms. The standard InChI is InChI=1S/C14H13INO4P/c1-2-18-14(17)7-12(13-8-16-9-19-13)10-3-5-11(6-4-10)20-21-15/h3-9,21H,2H2,1H3/b12-7-. The highest BCUT2D eigenvalue weighted by molar-refractivity contribution is 14.2. The zero-order chi connectivity index (χ0) is 15.1. The average Bonchev–Trinajstić information content (AvgIpc) is 3.00. The Hall–Kier alpha value is -1.40. The molecule has 7 heteroatoms. The summed E-state index contributed by atoms with van der Waals surface area (Å²) >= 11 is 2.16. The van der Waals surface area contributed by atoms with Gasteiger partial charge in [0.15, 0.2) is 12.2 Å². The Bertz CT molecular complexity index is 610. The van der Waals surface area contributed by atoms with Gasteiger partial charge >= 0.3 is 5.97 Å². The molecule has 0 fully saturated rings. The second-order valence-corrected chi connectivity index (χ2v) is 5.56. The zero-order valence-electron chi connectivity index (χ0n) is 11.2. The van der Waals surface area contributed by atoms with Crippen LogP contribution in [-0.2, 0) is 9.53 Å². The number of nitrogens with zero attached hydrogens (tertiary/aromatic N) is 1. The molecule has 0 radical (unpaired) electrons. The van der Waals surface area contributed by atoms with Crippen LogP contribution in [0, 0.1) is 0 Å². The topological polar surface area (TPSA) is 61.6 Å². The number of hydrogen-bond donors (Lipinski definition) is 0. The minimum absolute atomic E-state index is 0.322. The third-order valence-electron chi connectivity index (χ3n) is 2.57. The Labute approximate surface area is 137 Å². The van der Waals surface area contributed by atoms with E-state index in [1.807, 2.05) is 24.3 Å². The monoisotopic (exact) mass is 417 g/mol. The highest BCUT2D eigenvalue weighted by Crippen LogP contribution is 2.29. The van der Waals surface area contributed by atoms with Gasteiger partial charge in [-0.2, -0.15) is 0 Å². The van der Waals surface area contributed by atoms with Crippen molar-refractivity contribution in [3.63, 3.8) is 0 Å². The molecule has 1 aromatic heterocycles. The molecule has 0 amide bonds. The number of hydrogen-bond acceptors (Lipinski definition) is 5. The van der Waals surface area contributed by atoms with Crippen LogP contribution < -0.4 is 4.52 Å². The molecule has 110 valence electrons. The smallest absolute Gasteiger partial charge is 0.331 e. The predicted molar refractivity (Wildman–Crippen MR) is 89.6 cm³/mol. The molecular weight excluding hydrogens is 404 g/mol. The lowest BCUT2D eigenvalue weighted by molar-refractivity contribution is -0.137. The van der Waals surface area contributed by atoms with Crippen molar-refractivity contribution in [2.45, 2.75) is 6.92 Å². The molecule has 1 atom stereocenters. The maximum absolute atomic E-state index is 11.7. The minimum Gasteiger partial charge on any atom is -0.467 e. The van der Waals surface area contributed by atoms with Crippen LogP contribution in [0.1, 0.15) is 18.2 Å². The third kappa shape index (κ3) is 4.54. The predicted octanol–water partition coefficient (Wildman–Crippen LogP) is 3.99. The summed E-state index contributed by atoms with van der Waals surface area (Å²) in [5.41, 5.74) is 1.44. The van der Waals surface area contributed by atoms with E-state index in [1.54, 1.807) is 13.1 Å². The second-order valence-electron chi connectivity index (χ2n) is 3.88. The van der Waals surface area contributed by atoms with Crippen molar-refractivity contribution in [3.05, 3.63) is 54.3 Å². The first-order valence-electron chi connectivity index (χ1n) is 6.14. The van der Waals surface area contributed by atoms with E-state index >= 15 is 0 Å². The van der Waals surface area contributed by atoms with Crippen molar-refractivity contribution in [2.75, 3.05) is 6.61 Å². The van der Waals surface area contributed by atoms with Gasteiger partial charge in [0.2, 0.25) is 0 Å². The number of ether oxygens (including phenoxy) is 1. The second kappa shape index (κ2) is 8.14. The third-order valence-corrected chi connectivity index (χ3v) is 3.54. The number of benzene rings is 1. The van der Waals surface area contributed by atoms with Gasteiger partial charge in [0, 0.05) is 11.6 Å². The number of esters is 1. The van der Waals surface area contributed by atoms with E-state index in [4.69, 9.17) is 13.7 Å². The van der Waals surface area contributed by atoms with Crippen LogP contribution in [0.2, 0.25) is 0 Å². The Balaban J connectivity index is 2.33. The summed E-state index contributed by atoms with van der Waals surface area (Å²) in [5, 5.41) is 0. The van der Waals surface area contributed by atoms with Crippen LogP contribution in [0.25, 0.3) is 5.57 Å². The molecule has 1 aromatic carbocycles. The summed E-state index contributed by atoms with van der Waals surface area (Å²) in [6.07, 6.45) is 4.28. The molecule has 0 aliphatic rings. The first kappa shape index (κ1) is 16.0. The number of carbonyl (C=O) groups is 1. The van der Waals surface area contributed by atoms with Crippen LogP contribution in [0.3, 0.4) is 0 Å². The van der Waals surface area contributed by atoms with Gasteiger partial charge in [0.05, 0.1) is 12.8 Å². The van der Waals surface area contributed by atoms with Crippen LogP contribution in [0.15, 0.2) is 47.3 Å². The molecule has 0 aliphatic heterocycles. The highest BCUT2D eigenvalue weighted by atomic mass is 127. The molecule has 0 spiro atoms. The van der Waals surface area contributed by atoms with Gasteiger partial charge in [-0.3, -0.25) is 0 Å². The van der Waals surface area contributed by atoms with E-state index in [9.17, 15) is 4.79 Å². The lowest BCUT2D eigenvalue weighted by atomic mass is 10.0. The van der Waals surface area contributed by atoms with Crippen molar-refractivity contribution < 1.29 is 18.5 Å². The first-order valence-corrected chi connectivity index (χ1v) is 10.2. The fourth-order valence-corrected chi connectivity index (χ4v) is 2.68. The van der Waals surface area contributed by atoms with Gasteiger partial charge < -0.3 is 13.7 Å². The fourth-order valence-electron chi connectivity index (χ4n) is 1.69. The van der Waals surface area contributed by atoms with Crippen molar-refractivity contribution in [2.24, 2.45) is 0 Å². The summed E-state index contributed by atoms with van der Waals surface area (Å²) in [6, 6.07) is 7.41. The lowest BCUT2D eigenvalue weighted by Gasteiger charge is -2.06. The number of carbonyl (C=O) groups excluding carboxylic acids is 1. The van der Waals surface area contributed by atoms with Crippen molar-refractivity contribution in [1.82, 2.24) is 4.98 Å². The Morgan fingerprint density at radius 1 is 1.43 bits per heavy atom. The first-order chi connectivity index (χ1) is 10.2. The van der Waals surface area contributed by atoms with E-state index in [-0.39, 0.29) is 0 Å². The molecule has 1 unspecified atom stereocenters. The molecule has 0 N–H and O–H groups in total. The van der Waals surface area contributed by atoms with E-state index in [2.05, 4.69) is 27.0 Å². The molecule has 1 heterocycles. The number of halogens is 1. The highest BCUT2D eigenvalue weighted by Gasteiger charge is 2.12. The van der Waals surface area contributed by atoms with Gasteiger partial charge in [-0.25, -0.2) is 9.78 Å². The molecule has 0 saturated heterocycles. The summed E-state index contributed by atoms with van der Waals surface area (Å²) in [4.78, 5) is 15.6. The van der Waals surface area contributed by atoms with E-state index in [0.717, 1.165) is 11.3 Å². The Kier molecular flexibility index (Phi) is 6.20. The molecular formula is C14H13INO4P. The summed E-state index contributed by atoms with van der Waals surface area (Å²) in [5.74, 6) is 0.866. The maximum atomic E-state index is 11.7. The molecule has 5 nitrogen and oxygen atoms in total. The van der Waals surface area contributed by atoms with Crippen LogP contribution in [0.5, 0.6) is 5.75 Å². The van der Waals surface area contributed by atoms with Gasteiger partial charge in [0.1, 0.15) is 12.2 Å². The minimum atomic E-state index is -0.419. The fraction of sp³-hybridized carbons (Fsp3) is 0.143. The zero-order valence-corrected chi connectivity index (χ0v) is 14.4. The van der Waals surface area contributed by atoms with Gasteiger partial charge in [-0.05, 0) is 46.7 Å². The van der Waals surface area contributed by atoms with Crippen LogP contribution in [-0.4, -0.2) is 17.6 Å². The van der Waals surface area contributed by atoms with Crippen LogP contribution >= 0.6 is 28.5 Å². The molecule has 0 saturated carbocycles. The van der Waals surface area contributed by atoms with Crippen LogP contribution in [0.4, 0.5) is 0 Å². The van der Waals surface area contributed by atoms with E-state index in [0.29, 0.717) is 24.4 Å². The van der Waals surface area contributed by atoms with Crippen molar-refractivity contribution in [1.29, 1.82) is 0 Å². The number of rotatable bonds is 6. The molecule has 0 bridgehead atoms. The number of aromatic nitrogens is 1. The van der Waals surface area contributed by atoms with Gasteiger partial charge in [-0.15, -0.1) is 0 Å². The molecule has 2 rings (SSSR count). The normalized spacial score (nSPS) is 11.8. The lowest BCUT2D eigenvalue weighted by Crippen LogP contribution is -2.01. The van der Waals surface area contributed by atoms with Crippen molar-refractivity contribution >= 4 is 40.0 Å². The summed E-state index contributed by atoms with van der Waals surface area (Å²) in [7, 11) is 0.